The first-order chi connectivity index (χ1) is 8.90. The quantitative estimate of drug-likeness (QED) is 0.626. The molecule has 1 amide bonds. The van der Waals surface area contributed by atoms with Crippen molar-refractivity contribution in [1.82, 2.24) is 15.5 Å². The normalized spacial score (nSPS) is 10.9. The van der Waals surface area contributed by atoms with Crippen LogP contribution in [0.1, 0.15) is 30.8 Å². The number of alkyl carbamates (subject to hydrolysis) is 1. The van der Waals surface area contributed by atoms with Crippen LogP contribution in [0.5, 0.6) is 0 Å². The lowest BCUT2D eigenvalue weighted by Crippen LogP contribution is -2.32. The molecule has 0 unspecified atom stereocenters. The average Bonchev–Trinajstić information content (AvgIpc) is 2.72. The second-order valence-electron chi connectivity index (χ2n) is 4.66. The maximum Gasteiger partial charge on any atom is 0.408 e. The number of hydrogen-bond acceptors (Lipinski definition) is 7. The molecule has 106 valence electrons. The molecule has 1 N–H and O–H groups in total. The molecule has 0 aliphatic heterocycles. The highest BCUT2D eigenvalue weighted by Gasteiger charge is 2.16. The standard InChI is InChI=1S/C11H17N3O4S/c1-11(2,3)18-10(16)12-6-9-14-13-8(19-9)4-5-17-7-15/h7H,4-6H2,1-3H3,(H,12,16). The first-order valence-corrected chi connectivity index (χ1v) is 6.56. The van der Waals surface area contributed by atoms with Crippen LogP contribution in [0, 0.1) is 0 Å². The minimum absolute atomic E-state index is 0.265. The first-order valence-electron chi connectivity index (χ1n) is 5.74. The molecule has 0 aromatic carbocycles. The minimum atomic E-state index is -0.525. The topological polar surface area (TPSA) is 90.4 Å². The van der Waals surface area contributed by atoms with E-state index in [9.17, 15) is 9.59 Å². The van der Waals surface area contributed by atoms with Crippen molar-refractivity contribution in [1.29, 1.82) is 0 Å². The van der Waals surface area contributed by atoms with Crippen molar-refractivity contribution < 1.29 is 19.1 Å². The molecule has 0 saturated heterocycles. The third-order valence-electron chi connectivity index (χ3n) is 1.79. The Morgan fingerprint density at radius 2 is 2.05 bits per heavy atom. The van der Waals surface area contributed by atoms with Crippen molar-refractivity contribution in [2.75, 3.05) is 6.61 Å². The van der Waals surface area contributed by atoms with Crippen LogP contribution < -0.4 is 5.32 Å². The van der Waals surface area contributed by atoms with E-state index >= 15 is 0 Å². The molecule has 19 heavy (non-hydrogen) atoms. The number of ether oxygens (including phenoxy) is 2. The largest absolute Gasteiger partial charge is 0.467 e. The van der Waals surface area contributed by atoms with Crippen molar-refractivity contribution in [3.05, 3.63) is 10.0 Å². The van der Waals surface area contributed by atoms with Crippen LogP contribution in [0.2, 0.25) is 0 Å². The van der Waals surface area contributed by atoms with Gasteiger partial charge in [0.05, 0.1) is 13.2 Å². The Morgan fingerprint density at radius 3 is 2.68 bits per heavy atom. The fourth-order valence-electron chi connectivity index (χ4n) is 1.12. The molecule has 0 bridgehead atoms. The van der Waals surface area contributed by atoms with E-state index in [2.05, 4.69) is 20.3 Å². The first kappa shape index (κ1) is 15.4. The van der Waals surface area contributed by atoms with Crippen molar-refractivity contribution in [2.45, 2.75) is 39.3 Å². The van der Waals surface area contributed by atoms with Crippen LogP contribution in [0.4, 0.5) is 4.79 Å². The van der Waals surface area contributed by atoms with Gasteiger partial charge in [-0.25, -0.2) is 4.79 Å². The van der Waals surface area contributed by atoms with Gasteiger partial charge in [0, 0.05) is 6.42 Å². The number of hydrogen-bond donors (Lipinski definition) is 1. The molecule has 0 radical (unpaired) electrons. The summed E-state index contributed by atoms with van der Waals surface area (Å²) in [6.45, 7) is 6.32. The summed E-state index contributed by atoms with van der Waals surface area (Å²) in [4.78, 5) is 21.4. The highest BCUT2D eigenvalue weighted by atomic mass is 32.1. The van der Waals surface area contributed by atoms with Crippen LogP contribution in [0.3, 0.4) is 0 Å². The fraction of sp³-hybridized carbons (Fsp3) is 0.636. The summed E-state index contributed by atoms with van der Waals surface area (Å²) in [5.74, 6) is 0. The van der Waals surface area contributed by atoms with Crippen molar-refractivity contribution in [3.63, 3.8) is 0 Å². The third kappa shape index (κ3) is 6.70. The number of carbonyl (C=O) groups is 2. The lowest BCUT2D eigenvalue weighted by molar-refractivity contribution is -0.128. The molecule has 0 fully saturated rings. The number of nitrogens with one attached hydrogen (secondary N) is 1. The highest BCUT2D eigenvalue weighted by molar-refractivity contribution is 7.11. The smallest absolute Gasteiger partial charge is 0.408 e. The van der Waals surface area contributed by atoms with E-state index in [0.717, 1.165) is 5.01 Å². The Bertz CT molecular complexity index is 428. The predicted octanol–water partition coefficient (Wildman–Crippen LogP) is 1.28. The molecular weight excluding hydrogens is 270 g/mol. The number of aromatic nitrogens is 2. The molecule has 0 aliphatic rings. The van der Waals surface area contributed by atoms with Crippen molar-refractivity contribution >= 4 is 23.9 Å². The average molecular weight is 287 g/mol. The van der Waals surface area contributed by atoms with E-state index in [1.807, 2.05) is 0 Å². The molecule has 0 aliphatic carbocycles. The monoisotopic (exact) mass is 287 g/mol. The molecular formula is C11H17N3O4S. The van der Waals surface area contributed by atoms with E-state index in [4.69, 9.17) is 4.74 Å². The summed E-state index contributed by atoms with van der Waals surface area (Å²) in [5, 5.41) is 11.9. The zero-order valence-electron chi connectivity index (χ0n) is 11.1. The summed E-state index contributed by atoms with van der Waals surface area (Å²) in [6.07, 6.45) is 0.0246. The second kappa shape index (κ2) is 7.03. The number of rotatable bonds is 6. The summed E-state index contributed by atoms with van der Waals surface area (Å²) in [6, 6.07) is 0. The molecule has 0 spiro atoms. The van der Waals surface area contributed by atoms with Gasteiger partial charge < -0.3 is 14.8 Å². The summed E-state index contributed by atoms with van der Waals surface area (Å²) in [7, 11) is 0. The molecule has 1 rings (SSSR count). The zero-order valence-corrected chi connectivity index (χ0v) is 12.0. The SMILES string of the molecule is CC(C)(C)OC(=O)NCc1nnc(CCOC=O)s1. The Kier molecular flexibility index (Phi) is 5.68. The highest BCUT2D eigenvalue weighted by Crippen LogP contribution is 2.11. The minimum Gasteiger partial charge on any atom is -0.467 e. The Hall–Kier alpha value is -1.70. The van der Waals surface area contributed by atoms with Crippen LogP contribution in [0.25, 0.3) is 0 Å². The fourth-order valence-corrected chi connectivity index (χ4v) is 1.88. The molecule has 7 nitrogen and oxygen atoms in total. The van der Waals surface area contributed by atoms with Gasteiger partial charge in [-0.3, -0.25) is 4.79 Å². The van der Waals surface area contributed by atoms with Gasteiger partial charge in [-0.05, 0) is 20.8 Å². The predicted molar refractivity (Wildman–Crippen MR) is 68.7 cm³/mol. The van der Waals surface area contributed by atoms with E-state index in [-0.39, 0.29) is 13.2 Å². The van der Waals surface area contributed by atoms with Gasteiger partial charge >= 0.3 is 6.09 Å². The summed E-state index contributed by atoms with van der Waals surface area (Å²) < 4.78 is 9.66. The number of carbonyl (C=O) groups excluding carboxylic acids is 2. The van der Waals surface area contributed by atoms with Gasteiger partial charge in [0.2, 0.25) is 0 Å². The van der Waals surface area contributed by atoms with Crippen molar-refractivity contribution in [2.24, 2.45) is 0 Å². The number of nitrogens with zero attached hydrogens (tertiary/aromatic N) is 2. The second-order valence-corrected chi connectivity index (χ2v) is 5.81. The lowest BCUT2D eigenvalue weighted by atomic mass is 10.2. The van der Waals surface area contributed by atoms with Gasteiger partial charge in [0.1, 0.15) is 15.6 Å². The van der Waals surface area contributed by atoms with Crippen LogP contribution in [0.15, 0.2) is 0 Å². The summed E-state index contributed by atoms with van der Waals surface area (Å²) in [5.41, 5.74) is -0.525. The molecule has 0 saturated carbocycles. The van der Waals surface area contributed by atoms with Gasteiger partial charge in [0.25, 0.3) is 6.47 Å². The molecule has 0 atom stereocenters. The molecule has 1 aromatic heterocycles. The molecule has 1 heterocycles. The Balaban J connectivity index is 2.33. The maximum atomic E-state index is 11.4. The van der Waals surface area contributed by atoms with Crippen LogP contribution in [-0.4, -0.2) is 35.0 Å². The van der Waals surface area contributed by atoms with Gasteiger partial charge in [0.15, 0.2) is 0 Å². The molecule has 8 heteroatoms. The van der Waals surface area contributed by atoms with E-state index in [1.54, 1.807) is 20.8 Å². The van der Waals surface area contributed by atoms with Crippen LogP contribution in [-0.2, 0) is 27.2 Å². The van der Waals surface area contributed by atoms with Gasteiger partial charge in [-0.2, -0.15) is 0 Å². The van der Waals surface area contributed by atoms with E-state index < -0.39 is 11.7 Å². The Morgan fingerprint density at radius 1 is 1.37 bits per heavy atom. The lowest BCUT2D eigenvalue weighted by Gasteiger charge is -2.19. The zero-order chi connectivity index (χ0) is 14.3. The van der Waals surface area contributed by atoms with Gasteiger partial charge in [-0.1, -0.05) is 11.3 Å². The van der Waals surface area contributed by atoms with Crippen molar-refractivity contribution in [3.8, 4) is 0 Å². The third-order valence-corrected chi connectivity index (χ3v) is 2.78. The number of amides is 1. The Labute approximate surface area is 115 Å². The van der Waals surface area contributed by atoms with E-state index in [1.165, 1.54) is 11.3 Å². The maximum absolute atomic E-state index is 11.4. The van der Waals surface area contributed by atoms with E-state index in [0.29, 0.717) is 17.9 Å². The molecule has 1 aromatic rings. The summed E-state index contributed by atoms with van der Waals surface area (Å²) >= 11 is 1.35. The van der Waals surface area contributed by atoms with Crippen LogP contribution >= 0.6 is 11.3 Å². The van der Waals surface area contributed by atoms with Gasteiger partial charge in [-0.15, -0.1) is 10.2 Å².